The molecule has 0 amide bonds. The molecule has 4 heterocycles. The number of carboxylic acid groups (broad SMARTS) is 1. The zero-order valence-electron chi connectivity index (χ0n) is 13.4. The van der Waals surface area contributed by atoms with Gasteiger partial charge in [-0.25, -0.2) is 4.79 Å². The predicted octanol–water partition coefficient (Wildman–Crippen LogP) is 1.52. The number of aromatic carboxylic acids is 1. The van der Waals surface area contributed by atoms with Crippen molar-refractivity contribution in [3.8, 4) is 0 Å². The van der Waals surface area contributed by atoms with Crippen molar-refractivity contribution >= 4 is 41.3 Å². The maximum atomic E-state index is 12.7. The van der Waals surface area contributed by atoms with Gasteiger partial charge in [-0.2, -0.15) is 0 Å². The summed E-state index contributed by atoms with van der Waals surface area (Å²) in [6, 6.07) is 0. The van der Waals surface area contributed by atoms with Crippen molar-refractivity contribution in [3.05, 3.63) is 21.4 Å². The molecular formula is C15H19N3O3S3. The Hall–Kier alpha value is -0.610. The Morgan fingerprint density at radius 3 is 2.62 bits per heavy atom. The quantitative estimate of drug-likeness (QED) is 0.822. The summed E-state index contributed by atoms with van der Waals surface area (Å²) in [5.41, 5.74) is 0.365. The van der Waals surface area contributed by atoms with Crippen LogP contribution in [-0.4, -0.2) is 69.1 Å². The smallest absolute Gasteiger partial charge is 0.342 e. The minimum absolute atomic E-state index is 0.0319. The largest absolute Gasteiger partial charge is 0.477 e. The van der Waals surface area contributed by atoms with Crippen LogP contribution >= 0.6 is 35.3 Å². The monoisotopic (exact) mass is 385 g/mol. The Kier molecular flexibility index (Phi) is 4.63. The molecule has 6 nitrogen and oxygen atoms in total. The van der Waals surface area contributed by atoms with E-state index in [1.807, 2.05) is 0 Å². The second-order valence-corrected chi connectivity index (χ2v) is 9.69. The van der Waals surface area contributed by atoms with Crippen molar-refractivity contribution in [1.82, 2.24) is 14.4 Å². The van der Waals surface area contributed by atoms with Gasteiger partial charge in [-0.1, -0.05) is 11.8 Å². The molecular weight excluding hydrogens is 366 g/mol. The molecule has 0 aliphatic carbocycles. The Morgan fingerprint density at radius 1 is 1.17 bits per heavy atom. The SMILES string of the molecule is CN1CCN(C2SCc3c(n4c(c(C(=O)O)c3=O)SCC4)S2)CC1. The van der Waals surface area contributed by atoms with Crippen molar-refractivity contribution < 1.29 is 9.90 Å². The van der Waals surface area contributed by atoms with Crippen LogP contribution in [0.4, 0.5) is 0 Å². The molecule has 4 rings (SSSR count). The molecule has 9 heteroatoms. The van der Waals surface area contributed by atoms with Crippen LogP contribution in [0.1, 0.15) is 15.9 Å². The molecule has 1 fully saturated rings. The molecule has 3 aliphatic heterocycles. The van der Waals surface area contributed by atoms with Crippen LogP contribution < -0.4 is 5.43 Å². The molecule has 1 aromatic rings. The molecule has 0 spiro atoms. The fourth-order valence-corrected chi connectivity index (χ4v) is 7.46. The van der Waals surface area contributed by atoms with E-state index in [0.29, 0.717) is 21.0 Å². The number of rotatable bonds is 2. The number of hydrogen-bond donors (Lipinski definition) is 1. The van der Waals surface area contributed by atoms with E-state index in [9.17, 15) is 14.7 Å². The van der Waals surface area contributed by atoms with Crippen molar-refractivity contribution in [2.45, 2.75) is 27.1 Å². The summed E-state index contributed by atoms with van der Waals surface area (Å²) in [5.74, 6) is 0.337. The second-order valence-electron chi connectivity index (χ2n) is 6.17. The van der Waals surface area contributed by atoms with Crippen molar-refractivity contribution in [2.24, 2.45) is 0 Å². The van der Waals surface area contributed by atoms with Gasteiger partial charge in [0.05, 0.1) is 10.1 Å². The highest BCUT2D eigenvalue weighted by Crippen LogP contribution is 2.45. The summed E-state index contributed by atoms with van der Waals surface area (Å²) in [5, 5.41) is 11.1. The van der Waals surface area contributed by atoms with Crippen LogP contribution in [0.5, 0.6) is 0 Å². The van der Waals surface area contributed by atoms with Gasteiger partial charge >= 0.3 is 5.97 Å². The lowest BCUT2D eigenvalue weighted by Crippen LogP contribution is -2.47. The van der Waals surface area contributed by atoms with E-state index in [1.165, 1.54) is 11.8 Å². The Morgan fingerprint density at radius 2 is 1.92 bits per heavy atom. The minimum atomic E-state index is -1.10. The molecule has 0 aromatic carbocycles. The molecule has 1 unspecified atom stereocenters. The molecule has 3 aliphatic rings. The molecule has 1 saturated heterocycles. The van der Waals surface area contributed by atoms with Gasteiger partial charge in [-0.3, -0.25) is 9.69 Å². The minimum Gasteiger partial charge on any atom is -0.477 e. The molecule has 130 valence electrons. The number of pyridine rings is 1. The second kappa shape index (κ2) is 6.60. The molecule has 0 radical (unpaired) electrons. The van der Waals surface area contributed by atoms with Gasteiger partial charge in [0.25, 0.3) is 0 Å². The van der Waals surface area contributed by atoms with E-state index in [-0.39, 0.29) is 11.0 Å². The van der Waals surface area contributed by atoms with E-state index in [4.69, 9.17) is 0 Å². The Labute approximate surface area is 152 Å². The first kappa shape index (κ1) is 16.8. The van der Waals surface area contributed by atoms with Gasteiger partial charge < -0.3 is 14.6 Å². The Balaban J connectivity index is 1.69. The van der Waals surface area contributed by atoms with Gasteiger partial charge in [0.2, 0.25) is 5.43 Å². The third-order valence-electron chi connectivity index (χ3n) is 4.65. The highest BCUT2D eigenvalue weighted by molar-refractivity contribution is 8.17. The standard InChI is InChI=1S/C15H19N3O3S3/c1-16-2-4-17(5-3-16)15-23-8-9-11(19)10(14(20)21)13-18(6-7-22-13)12(9)24-15/h15H,2-8H2,1H3,(H,20,21). The van der Waals surface area contributed by atoms with Crippen LogP contribution in [-0.2, 0) is 12.3 Å². The van der Waals surface area contributed by atoms with E-state index in [0.717, 1.165) is 43.5 Å². The van der Waals surface area contributed by atoms with Crippen LogP contribution in [0.3, 0.4) is 0 Å². The zero-order valence-corrected chi connectivity index (χ0v) is 15.8. The number of nitrogens with zero attached hydrogens (tertiary/aromatic N) is 3. The fourth-order valence-electron chi connectivity index (χ4n) is 3.27. The lowest BCUT2D eigenvalue weighted by Gasteiger charge is -2.39. The highest BCUT2D eigenvalue weighted by atomic mass is 32.2. The molecule has 24 heavy (non-hydrogen) atoms. The lowest BCUT2D eigenvalue weighted by atomic mass is 10.2. The first-order valence-corrected chi connectivity index (χ1v) is 10.8. The third kappa shape index (κ3) is 2.80. The van der Waals surface area contributed by atoms with Crippen LogP contribution in [0.15, 0.2) is 14.8 Å². The van der Waals surface area contributed by atoms with Crippen LogP contribution in [0, 0.1) is 0 Å². The van der Waals surface area contributed by atoms with Crippen LogP contribution in [0.2, 0.25) is 0 Å². The Bertz CT molecular complexity index is 744. The molecule has 1 aromatic heterocycles. The molecule has 0 bridgehead atoms. The first-order valence-electron chi connectivity index (χ1n) is 7.93. The lowest BCUT2D eigenvalue weighted by molar-refractivity contribution is 0.0689. The number of aromatic nitrogens is 1. The number of thioether (sulfide) groups is 3. The fraction of sp³-hybridized carbons (Fsp3) is 0.600. The summed E-state index contributed by atoms with van der Waals surface area (Å²) in [6.07, 6.45) is 0. The van der Waals surface area contributed by atoms with Crippen molar-refractivity contribution in [1.29, 1.82) is 0 Å². The number of carbonyl (C=O) groups is 1. The third-order valence-corrected chi connectivity index (χ3v) is 8.66. The summed E-state index contributed by atoms with van der Waals surface area (Å²) in [4.78, 5) is 29.1. The summed E-state index contributed by atoms with van der Waals surface area (Å²) in [6.45, 7) is 4.99. The number of fused-ring (bicyclic) bond motifs is 3. The zero-order chi connectivity index (χ0) is 16.8. The first-order chi connectivity index (χ1) is 11.6. The average molecular weight is 386 g/mol. The van der Waals surface area contributed by atoms with Gasteiger partial charge in [0.1, 0.15) is 10.3 Å². The molecule has 0 saturated carbocycles. The van der Waals surface area contributed by atoms with E-state index < -0.39 is 5.97 Å². The van der Waals surface area contributed by atoms with Gasteiger partial charge in [-0.05, 0) is 7.05 Å². The highest BCUT2D eigenvalue weighted by Gasteiger charge is 2.35. The summed E-state index contributed by atoms with van der Waals surface area (Å²) < 4.78 is 2.38. The molecule has 1 N–H and O–H groups in total. The average Bonchev–Trinajstić information content (AvgIpc) is 3.04. The number of piperazine rings is 1. The topological polar surface area (TPSA) is 65.8 Å². The maximum Gasteiger partial charge on any atom is 0.342 e. The van der Waals surface area contributed by atoms with E-state index >= 15 is 0 Å². The van der Waals surface area contributed by atoms with Gasteiger partial charge in [0, 0.05) is 49.8 Å². The van der Waals surface area contributed by atoms with E-state index in [1.54, 1.807) is 23.5 Å². The summed E-state index contributed by atoms with van der Waals surface area (Å²) in [7, 11) is 2.14. The van der Waals surface area contributed by atoms with E-state index in [2.05, 4.69) is 21.4 Å². The summed E-state index contributed by atoms with van der Waals surface area (Å²) >= 11 is 4.97. The van der Waals surface area contributed by atoms with Crippen LogP contribution in [0.25, 0.3) is 0 Å². The maximum absolute atomic E-state index is 12.7. The normalized spacial score (nSPS) is 24.6. The number of hydrogen-bond acceptors (Lipinski definition) is 7. The van der Waals surface area contributed by atoms with Crippen molar-refractivity contribution in [2.75, 3.05) is 39.0 Å². The van der Waals surface area contributed by atoms with Gasteiger partial charge in [-0.15, -0.1) is 23.5 Å². The number of likely N-dealkylation sites (N-methyl/N-ethyl adjacent to an activating group) is 1. The van der Waals surface area contributed by atoms with Crippen molar-refractivity contribution in [3.63, 3.8) is 0 Å². The molecule has 1 atom stereocenters. The predicted molar refractivity (Wildman–Crippen MR) is 98.4 cm³/mol. The number of carboxylic acids is 1. The van der Waals surface area contributed by atoms with Gasteiger partial charge in [0.15, 0.2) is 0 Å².